The van der Waals surface area contributed by atoms with Crippen LogP contribution in [0.1, 0.15) is 39.2 Å². The minimum absolute atomic E-state index is 0.0169. The second-order valence-corrected chi connectivity index (χ2v) is 10.0. The smallest absolute Gasteiger partial charge is 0.312 e. The third kappa shape index (κ3) is 7.16. The van der Waals surface area contributed by atoms with Crippen LogP contribution in [-0.4, -0.2) is 50.5 Å². The molecule has 0 amide bonds. The van der Waals surface area contributed by atoms with Crippen molar-refractivity contribution in [2.24, 2.45) is 17.6 Å². The molecule has 2 rings (SSSR count). The van der Waals surface area contributed by atoms with Crippen molar-refractivity contribution >= 4 is 16.1 Å². The van der Waals surface area contributed by atoms with Gasteiger partial charge in [-0.3, -0.25) is 13.9 Å². The first-order chi connectivity index (χ1) is 13.0. The van der Waals surface area contributed by atoms with Gasteiger partial charge in [0, 0.05) is 13.1 Å². The number of nitrogens with two attached hydrogens (primary N) is 1. The molecule has 1 aliphatic heterocycles. The maximum absolute atomic E-state index is 12.8. The Morgan fingerprint density at radius 3 is 2.46 bits per heavy atom. The van der Waals surface area contributed by atoms with Gasteiger partial charge in [0.25, 0.3) is 10.1 Å². The largest absolute Gasteiger partial charge is 0.460 e. The molecule has 0 radical (unpaired) electrons. The molecule has 0 aromatic heterocycles. The van der Waals surface area contributed by atoms with Crippen molar-refractivity contribution in [2.75, 3.05) is 19.4 Å². The molecule has 2 N–H and O–H groups in total. The second kappa shape index (κ2) is 9.35. The summed E-state index contributed by atoms with van der Waals surface area (Å²) in [6, 6.07) is 9.97. The molecule has 0 bridgehead atoms. The van der Waals surface area contributed by atoms with E-state index < -0.39 is 27.8 Å². The first-order valence-electron chi connectivity index (χ1n) is 9.57. The molecule has 1 saturated heterocycles. The Bertz CT molecular complexity index is 746. The van der Waals surface area contributed by atoms with Gasteiger partial charge in [-0.1, -0.05) is 30.3 Å². The highest BCUT2D eigenvalue weighted by Crippen LogP contribution is 2.34. The highest BCUT2D eigenvalue weighted by Gasteiger charge is 2.45. The minimum Gasteiger partial charge on any atom is -0.460 e. The molecule has 0 saturated carbocycles. The molecule has 3 atom stereocenters. The summed E-state index contributed by atoms with van der Waals surface area (Å²) in [4.78, 5) is 14.9. The number of nitrogens with zero attached hydrogens (tertiary/aromatic N) is 1. The van der Waals surface area contributed by atoms with Gasteiger partial charge in [0.05, 0.1) is 24.9 Å². The monoisotopic (exact) mass is 412 g/mol. The third-order valence-electron chi connectivity index (χ3n) is 4.69. The molecule has 158 valence electrons. The number of likely N-dealkylation sites (tertiary alicyclic amines) is 1. The highest BCUT2D eigenvalue weighted by molar-refractivity contribution is 7.85. The van der Waals surface area contributed by atoms with Gasteiger partial charge in [0.15, 0.2) is 0 Å². The van der Waals surface area contributed by atoms with Crippen LogP contribution in [0, 0.1) is 11.8 Å². The topological polar surface area (TPSA) is 98.9 Å². The first-order valence-corrected chi connectivity index (χ1v) is 11.4. The summed E-state index contributed by atoms with van der Waals surface area (Å²) in [6.45, 7) is 6.91. The normalized spacial score (nSPS) is 23.7. The van der Waals surface area contributed by atoms with Crippen molar-refractivity contribution in [3.8, 4) is 0 Å². The van der Waals surface area contributed by atoms with Gasteiger partial charge < -0.3 is 10.5 Å². The SMILES string of the molecule is CC(C)(C)OC(=O)[C@@H]1C(N)N(Cc2ccccc2)C[C@H]1CCCOS(C)(=O)=O. The zero-order chi connectivity index (χ0) is 20.9. The van der Waals surface area contributed by atoms with Crippen LogP contribution < -0.4 is 5.73 Å². The van der Waals surface area contributed by atoms with Gasteiger partial charge >= 0.3 is 5.97 Å². The number of hydrogen-bond donors (Lipinski definition) is 1. The molecule has 0 spiro atoms. The molecule has 1 aliphatic rings. The van der Waals surface area contributed by atoms with Gasteiger partial charge in [-0.25, -0.2) is 0 Å². The highest BCUT2D eigenvalue weighted by atomic mass is 32.2. The van der Waals surface area contributed by atoms with E-state index in [1.165, 1.54) is 0 Å². The van der Waals surface area contributed by atoms with Gasteiger partial charge in [-0.05, 0) is 45.1 Å². The minimum atomic E-state index is -3.46. The van der Waals surface area contributed by atoms with E-state index in [9.17, 15) is 13.2 Å². The number of ether oxygens (including phenoxy) is 1. The van der Waals surface area contributed by atoms with E-state index in [4.69, 9.17) is 14.7 Å². The molecule has 0 aliphatic carbocycles. The second-order valence-electron chi connectivity index (χ2n) is 8.39. The average Bonchev–Trinajstić information content (AvgIpc) is 2.86. The first kappa shape index (κ1) is 22.8. The molecular formula is C20H32N2O5S. The standard InChI is InChI=1S/C20H32N2O5S/c1-20(2,3)27-19(23)17-16(11-8-12-26-28(4,24)25)14-22(18(17)21)13-15-9-6-5-7-10-15/h5-7,9-10,16-18H,8,11-14,21H2,1-4H3/t16-,17+,18?/m1/s1. The summed E-state index contributed by atoms with van der Waals surface area (Å²) in [7, 11) is -3.46. The van der Waals surface area contributed by atoms with E-state index >= 15 is 0 Å². The summed E-state index contributed by atoms with van der Waals surface area (Å²) in [5.74, 6) is -0.775. The average molecular weight is 413 g/mol. The van der Waals surface area contributed by atoms with Gasteiger partial charge in [-0.2, -0.15) is 8.42 Å². The predicted octanol–water partition coefficient (Wildman–Crippen LogP) is 2.12. The number of carbonyl (C=O) groups is 1. The van der Waals surface area contributed by atoms with Crippen LogP contribution in [0.4, 0.5) is 0 Å². The Morgan fingerprint density at radius 2 is 1.89 bits per heavy atom. The lowest BCUT2D eigenvalue weighted by atomic mass is 9.90. The Morgan fingerprint density at radius 1 is 1.25 bits per heavy atom. The van der Waals surface area contributed by atoms with E-state index in [2.05, 4.69) is 4.90 Å². The lowest BCUT2D eigenvalue weighted by molar-refractivity contribution is -0.162. The van der Waals surface area contributed by atoms with Gasteiger partial charge in [0.2, 0.25) is 0 Å². The number of hydrogen-bond acceptors (Lipinski definition) is 7. The molecule has 28 heavy (non-hydrogen) atoms. The third-order valence-corrected chi connectivity index (χ3v) is 5.29. The van der Waals surface area contributed by atoms with E-state index in [1.807, 2.05) is 51.1 Å². The Hall–Kier alpha value is -1.48. The molecule has 1 unspecified atom stereocenters. The molecule has 8 heteroatoms. The van der Waals surface area contributed by atoms with Crippen LogP contribution in [0.15, 0.2) is 30.3 Å². The zero-order valence-corrected chi connectivity index (χ0v) is 17.9. The summed E-state index contributed by atoms with van der Waals surface area (Å²) in [6.07, 6.45) is 1.75. The Kier molecular flexibility index (Phi) is 7.61. The number of benzene rings is 1. The maximum Gasteiger partial charge on any atom is 0.312 e. The summed E-state index contributed by atoms with van der Waals surface area (Å²) in [5, 5.41) is 0. The maximum atomic E-state index is 12.8. The molecule has 7 nitrogen and oxygen atoms in total. The van der Waals surface area contributed by atoms with Crippen LogP contribution in [0.2, 0.25) is 0 Å². The fourth-order valence-electron chi connectivity index (χ4n) is 3.56. The Balaban J connectivity index is 2.07. The van der Waals surface area contributed by atoms with Crippen molar-refractivity contribution in [1.29, 1.82) is 0 Å². The number of esters is 1. The lowest BCUT2D eigenvalue weighted by Crippen LogP contribution is -2.44. The fraction of sp³-hybridized carbons (Fsp3) is 0.650. The van der Waals surface area contributed by atoms with Crippen molar-refractivity contribution in [3.05, 3.63) is 35.9 Å². The van der Waals surface area contributed by atoms with Crippen LogP contribution in [0.3, 0.4) is 0 Å². The van der Waals surface area contributed by atoms with Crippen LogP contribution in [0.25, 0.3) is 0 Å². The zero-order valence-electron chi connectivity index (χ0n) is 17.1. The summed E-state index contributed by atoms with van der Waals surface area (Å²) >= 11 is 0. The van der Waals surface area contributed by atoms with E-state index in [0.717, 1.165) is 11.8 Å². The predicted molar refractivity (Wildman–Crippen MR) is 108 cm³/mol. The van der Waals surface area contributed by atoms with Crippen molar-refractivity contribution in [1.82, 2.24) is 4.90 Å². The fourth-order valence-corrected chi connectivity index (χ4v) is 3.98. The van der Waals surface area contributed by atoms with Crippen LogP contribution in [0.5, 0.6) is 0 Å². The quantitative estimate of drug-likeness (QED) is 0.397. The van der Waals surface area contributed by atoms with Crippen molar-refractivity contribution < 1.29 is 22.1 Å². The summed E-state index contributed by atoms with van der Waals surface area (Å²) in [5.41, 5.74) is 6.99. The molecule has 1 fully saturated rings. The Labute approximate surface area is 168 Å². The van der Waals surface area contributed by atoms with Crippen molar-refractivity contribution in [2.45, 2.75) is 51.9 Å². The molecule has 1 aromatic rings. The van der Waals surface area contributed by atoms with Gasteiger partial charge in [-0.15, -0.1) is 0 Å². The molecule has 1 aromatic carbocycles. The number of carbonyl (C=O) groups excluding carboxylic acids is 1. The molecule has 1 heterocycles. The van der Waals surface area contributed by atoms with E-state index in [1.54, 1.807) is 0 Å². The summed E-state index contributed by atoms with van der Waals surface area (Å²) < 4.78 is 32.7. The van der Waals surface area contributed by atoms with Crippen LogP contribution >= 0.6 is 0 Å². The lowest BCUT2D eigenvalue weighted by Gasteiger charge is -2.27. The number of rotatable bonds is 8. The van der Waals surface area contributed by atoms with Crippen molar-refractivity contribution in [3.63, 3.8) is 0 Å². The van der Waals surface area contributed by atoms with Crippen LogP contribution in [-0.2, 0) is 30.4 Å². The van der Waals surface area contributed by atoms with Gasteiger partial charge in [0.1, 0.15) is 5.60 Å². The van der Waals surface area contributed by atoms with E-state index in [0.29, 0.717) is 25.9 Å². The van der Waals surface area contributed by atoms with E-state index in [-0.39, 0.29) is 18.5 Å². The molecular weight excluding hydrogens is 380 g/mol.